The number of carbonyl (C=O) groups is 1. The summed E-state index contributed by atoms with van der Waals surface area (Å²) >= 11 is 0. The number of fused-ring (bicyclic) bond motifs is 1. The quantitative estimate of drug-likeness (QED) is 0.419. The summed E-state index contributed by atoms with van der Waals surface area (Å²) in [6.07, 6.45) is 19.5. The van der Waals surface area contributed by atoms with Crippen LogP contribution in [0, 0.1) is 5.92 Å². The number of hydrogen-bond donors (Lipinski definition) is 3. The third-order valence-electron chi connectivity index (χ3n) is 8.44. The minimum Gasteiger partial charge on any atom is -0.405 e. The summed E-state index contributed by atoms with van der Waals surface area (Å²) in [5.41, 5.74) is 14.9. The van der Waals surface area contributed by atoms with Crippen LogP contribution < -0.4 is 26.6 Å². The van der Waals surface area contributed by atoms with Gasteiger partial charge < -0.3 is 31.5 Å². The molecule has 1 aromatic carbocycles. The molecule has 4 rings (SSSR count). The van der Waals surface area contributed by atoms with Crippen molar-refractivity contribution in [2.75, 3.05) is 56.6 Å². The average molecular weight is 534 g/mol. The predicted molar refractivity (Wildman–Crippen MR) is 162 cm³/mol. The zero-order valence-electron chi connectivity index (χ0n) is 23.7. The first-order chi connectivity index (χ1) is 19.1. The molecule has 3 heterocycles. The van der Waals surface area contributed by atoms with Gasteiger partial charge in [-0.3, -0.25) is 9.69 Å². The first-order valence-electron chi connectivity index (χ1n) is 14.5. The molecule has 0 saturated carbocycles. The van der Waals surface area contributed by atoms with Gasteiger partial charge in [-0.15, -0.1) is 0 Å². The van der Waals surface area contributed by atoms with Gasteiger partial charge in [0.2, 0.25) is 5.91 Å². The summed E-state index contributed by atoms with van der Waals surface area (Å²) in [6, 6.07) is 9.17. The van der Waals surface area contributed by atoms with Crippen LogP contribution in [0.15, 0.2) is 72.7 Å². The van der Waals surface area contributed by atoms with E-state index in [0.717, 1.165) is 76.8 Å². The van der Waals surface area contributed by atoms with Crippen molar-refractivity contribution in [2.45, 2.75) is 50.7 Å². The molecule has 3 aliphatic rings. The molecule has 0 radical (unpaired) electrons. The van der Waals surface area contributed by atoms with E-state index >= 15 is 0 Å². The molecular weight excluding hydrogens is 486 g/mol. The molecule has 2 unspecified atom stereocenters. The SMILES string of the molecule is CN/C=C\C=C/CC1N(C)c2ccccc2N1C1CCCN(C(=O)C2CCN(CC(/C=C\N)=C/N)CC2)CC1. The van der Waals surface area contributed by atoms with Crippen molar-refractivity contribution in [3.63, 3.8) is 0 Å². The minimum absolute atomic E-state index is 0.121. The smallest absolute Gasteiger partial charge is 0.225 e. The Kier molecular flexibility index (Phi) is 10.4. The molecule has 0 bridgehead atoms. The van der Waals surface area contributed by atoms with Crippen molar-refractivity contribution < 1.29 is 4.79 Å². The van der Waals surface area contributed by atoms with E-state index in [1.54, 1.807) is 6.20 Å². The van der Waals surface area contributed by atoms with Gasteiger partial charge in [0.25, 0.3) is 0 Å². The van der Waals surface area contributed by atoms with Crippen molar-refractivity contribution in [3.05, 3.63) is 72.7 Å². The maximum atomic E-state index is 13.6. The number of allylic oxidation sites excluding steroid dienone is 2. The van der Waals surface area contributed by atoms with E-state index in [4.69, 9.17) is 11.5 Å². The van der Waals surface area contributed by atoms with E-state index in [0.29, 0.717) is 11.9 Å². The molecule has 3 aliphatic heterocycles. The van der Waals surface area contributed by atoms with Crippen LogP contribution >= 0.6 is 0 Å². The topological polar surface area (TPSA) is 94.1 Å². The third kappa shape index (κ3) is 6.98. The van der Waals surface area contributed by atoms with Crippen LogP contribution in [0.3, 0.4) is 0 Å². The number of nitrogens with one attached hydrogen (secondary N) is 1. The van der Waals surface area contributed by atoms with Crippen LogP contribution in [0.1, 0.15) is 38.5 Å². The van der Waals surface area contributed by atoms with E-state index in [9.17, 15) is 4.79 Å². The number of para-hydroxylation sites is 2. The molecule has 2 saturated heterocycles. The van der Waals surface area contributed by atoms with Crippen LogP contribution in [0.5, 0.6) is 0 Å². The predicted octanol–water partition coefficient (Wildman–Crippen LogP) is 3.36. The van der Waals surface area contributed by atoms with Crippen molar-refractivity contribution >= 4 is 17.3 Å². The first-order valence-corrected chi connectivity index (χ1v) is 14.5. The fourth-order valence-electron chi connectivity index (χ4n) is 6.35. The van der Waals surface area contributed by atoms with E-state index in [1.165, 1.54) is 17.6 Å². The van der Waals surface area contributed by atoms with E-state index in [2.05, 4.69) is 68.4 Å². The molecule has 1 amide bonds. The number of carbonyl (C=O) groups excluding carboxylic acids is 1. The number of amides is 1. The van der Waals surface area contributed by atoms with Gasteiger partial charge >= 0.3 is 0 Å². The van der Waals surface area contributed by atoms with E-state index in [1.807, 2.05) is 25.4 Å². The maximum Gasteiger partial charge on any atom is 0.225 e. The summed E-state index contributed by atoms with van der Waals surface area (Å²) in [4.78, 5) is 23.1. The average Bonchev–Trinajstić information content (AvgIpc) is 3.09. The van der Waals surface area contributed by atoms with E-state index in [-0.39, 0.29) is 12.1 Å². The second kappa shape index (κ2) is 14.1. The Labute approximate surface area is 234 Å². The summed E-state index contributed by atoms with van der Waals surface area (Å²) in [6.45, 7) is 4.31. The van der Waals surface area contributed by atoms with Crippen molar-refractivity contribution in [3.8, 4) is 0 Å². The molecule has 39 heavy (non-hydrogen) atoms. The molecule has 212 valence electrons. The fourth-order valence-corrected chi connectivity index (χ4v) is 6.35. The molecule has 0 aliphatic carbocycles. The number of anilines is 2. The number of rotatable bonds is 9. The Morgan fingerprint density at radius 2 is 1.79 bits per heavy atom. The summed E-state index contributed by atoms with van der Waals surface area (Å²) in [5, 5.41) is 3.04. The molecule has 2 atom stereocenters. The Morgan fingerprint density at radius 1 is 1.03 bits per heavy atom. The van der Waals surface area contributed by atoms with Crippen molar-refractivity contribution in [1.82, 2.24) is 15.1 Å². The van der Waals surface area contributed by atoms with Gasteiger partial charge in [-0.05, 0) is 93.7 Å². The standard InChI is InChI=1S/C31H47N7O/c1-34-18-7-3-4-12-30-35(2)28-10-5-6-11-29(28)38(30)27-9-8-19-37(22-16-27)31(39)26-14-20-36(21-15-26)24-25(23-33)13-17-32/h3-7,10-11,13,17-18,23,26-27,30,34H,8-9,12,14-16,19-22,24,32-33H2,1-2H3/b4-3-,17-13-,18-7-,25-23+. The fraction of sp³-hybridized carbons (Fsp3) is 0.516. The van der Waals surface area contributed by atoms with Gasteiger partial charge in [0, 0.05) is 52.1 Å². The summed E-state index contributed by atoms with van der Waals surface area (Å²) in [5.74, 6) is 0.469. The van der Waals surface area contributed by atoms with Crippen LogP contribution in [0.4, 0.5) is 11.4 Å². The third-order valence-corrected chi connectivity index (χ3v) is 8.44. The zero-order valence-corrected chi connectivity index (χ0v) is 23.7. The van der Waals surface area contributed by atoms with Gasteiger partial charge in [-0.1, -0.05) is 24.3 Å². The Morgan fingerprint density at radius 3 is 2.51 bits per heavy atom. The number of likely N-dealkylation sites (tertiary alicyclic amines) is 2. The highest BCUT2D eigenvalue weighted by Crippen LogP contribution is 2.42. The number of nitrogens with zero attached hydrogens (tertiary/aromatic N) is 4. The normalized spacial score (nSPS) is 23.7. The number of benzene rings is 1. The lowest BCUT2D eigenvalue weighted by molar-refractivity contribution is -0.137. The summed E-state index contributed by atoms with van der Waals surface area (Å²) in [7, 11) is 4.12. The van der Waals surface area contributed by atoms with Gasteiger partial charge in [0.1, 0.15) is 6.17 Å². The zero-order chi connectivity index (χ0) is 27.6. The largest absolute Gasteiger partial charge is 0.405 e. The molecular formula is C31H47N7O. The highest BCUT2D eigenvalue weighted by Gasteiger charge is 2.38. The lowest BCUT2D eigenvalue weighted by Crippen LogP contribution is -2.47. The van der Waals surface area contributed by atoms with Gasteiger partial charge in [-0.25, -0.2) is 0 Å². The maximum absolute atomic E-state index is 13.6. The van der Waals surface area contributed by atoms with Gasteiger partial charge in [-0.2, -0.15) is 0 Å². The van der Waals surface area contributed by atoms with Gasteiger partial charge in [0.05, 0.1) is 11.4 Å². The second-order valence-corrected chi connectivity index (χ2v) is 10.9. The second-order valence-electron chi connectivity index (χ2n) is 10.9. The molecule has 2 fully saturated rings. The van der Waals surface area contributed by atoms with E-state index < -0.39 is 0 Å². The van der Waals surface area contributed by atoms with Crippen molar-refractivity contribution in [2.24, 2.45) is 17.4 Å². The highest BCUT2D eigenvalue weighted by molar-refractivity contribution is 5.79. The lowest BCUT2D eigenvalue weighted by atomic mass is 9.94. The Bertz CT molecular complexity index is 1060. The van der Waals surface area contributed by atoms with Crippen LogP contribution in [-0.4, -0.2) is 74.7 Å². The minimum atomic E-state index is 0.121. The van der Waals surface area contributed by atoms with Crippen LogP contribution in [0.25, 0.3) is 0 Å². The molecule has 8 nitrogen and oxygen atoms in total. The lowest BCUT2D eigenvalue weighted by Gasteiger charge is -2.37. The monoisotopic (exact) mass is 533 g/mol. The Balaban J connectivity index is 1.37. The molecule has 5 N–H and O–H groups in total. The number of nitrogens with two attached hydrogens (primary N) is 2. The number of piperidine rings is 1. The Hall–Kier alpha value is -3.39. The number of hydrogen-bond acceptors (Lipinski definition) is 7. The molecule has 0 aromatic heterocycles. The highest BCUT2D eigenvalue weighted by atomic mass is 16.2. The summed E-state index contributed by atoms with van der Waals surface area (Å²) < 4.78 is 0. The first kappa shape index (κ1) is 28.6. The van der Waals surface area contributed by atoms with Crippen molar-refractivity contribution in [1.29, 1.82) is 0 Å². The van der Waals surface area contributed by atoms with Crippen LogP contribution in [0.2, 0.25) is 0 Å². The molecule has 0 spiro atoms. The molecule has 8 heteroatoms. The van der Waals surface area contributed by atoms with Crippen LogP contribution in [-0.2, 0) is 4.79 Å². The molecule has 1 aromatic rings. The van der Waals surface area contributed by atoms with Gasteiger partial charge in [0.15, 0.2) is 0 Å².